The van der Waals surface area contributed by atoms with Crippen LogP contribution in [0.2, 0.25) is 0 Å². The molecule has 0 amide bonds. The summed E-state index contributed by atoms with van der Waals surface area (Å²) in [7, 11) is 0. The Kier molecular flexibility index (Phi) is 2.69. The molecule has 0 spiro atoms. The van der Waals surface area contributed by atoms with E-state index in [1.165, 1.54) is 15.4 Å². The molecule has 0 fully saturated rings. The first kappa shape index (κ1) is 9.85. The predicted molar refractivity (Wildman–Crippen MR) is 63.5 cm³/mol. The summed E-state index contributed by atoms with van der Waals surface area (Å²) in [5.41, 5.74) is 3.10. The van der Waals surface area contributed by atoms with Gasteiger partial charge in [-0.25, -0.2) is 0 Å². The molecule has 14 heavy (non-hydrogen) atoms. The van der Waals surface area contributed by atoms with Crippen molar-refractivity contribution in [1.29, 1.82) is 0 Å². The van der Waals surface area contributed by atoms with Crippen molar-refractivity contribution in [3.63, 3.8) is 0 Å². The summed E-state index contributed by atoms with van der Waals surface area (Å²) >= 11 is 1.93. The second-order valence-corrected chi connectivity index (χ2v) is 5.38. The van der Waals surface area contributed by atoms with Gasteiger partial charge in [0.15, 0.2) is 0 Å². The van der Waals surface area contributed by atoms with Crippen LogP contribution in [0, 0.1) is 5.92 Å². The zero-order valence-corrected chi connectivity index (χ0v) is 9.82. The van der Waals surface area contributed by atoms with E-state index in [2.05, 4.69) is 45.0 Å². The molecule has 1 aromatic carbocycles. The molecule has 0 aromatic heterocycles. The van der Waals surface area contributed by atoms with E-state index in [4.69, 9.17) is 0 Å². The fraction of sp³-hybridized carbons (Fsp3) is 0.385. The van der Waals surface area contributed by atoms with E-state index in [0.29, 0.717) is 5.92 Å². The van der Waals surface area contributed by atoms with Crippen molar-refractivity contribution in [1.82, 2.24) is 0 Å². The van der Waals surface area contributed by atoms with Gasteiger partial charge in [-0.3, -0.25) is 0 Å². The van der Waals surface area contributed by atoms with Crippen LogP contribution in [0.1, 0.15) is 26.3 Å². The third kappa shape index (κ3) is 1.74. The lowest BCUT2D eigenvalue weighted by Gasteiger charge is -2.22. The van der Waals surface area contributed by atoms with Gasteiger partial charge in [0.25, 0.3) is 0 Å². The van der Waals surface area contributed by atoms with Crippen LogP contribution >= 0.6 is 11.8 Å². The summed E-state index contributed by atoms with van der Waals surface area (Å²) < 4.78 is 0. The number of allylic oxidation sites excluding steroid dienone is 2. The van der Waals surface area contributed by atoms with Crippen LogP contribution in [0.15, 0.2) is 39.6 Å². The monoisotopic (exact) mass is 204 g/mol. The highest BCUT2D eigenvalue weighted by atomic mass is 32.2. The Morgan fingerprint density at radius 2 is 1.93 bits per heavy atom. The summed E-state index contributed by atoms with van der Waals surface area (Å²) in [5.74, 6) is 0.677. The number of hydrogen-bond donors (Lipinski definition) is 0. The van der Waals surface area contributed by atoms with Crippen molar-refractivity contribution in [2.75, 3.05) is 0 Å². The van der Waals surface area contributed by atoms with Crippen molar-refractivity contribution < 1.29 is 0 Å². The van der Waals surface area contributed by atoms with Crippen molar-refractivity contribution in [2.45, 2.75) is 32.1 Å². The maximum atomic E-state index is 2.29. The van der Waals surface area contributed by atoms with Gasteiger partial charge >= 0.3 is 0 Å². The molecule has 0 aliphatic carbocycles. The highest BCUT2D eigenvalue weighted by Gasteiger charge is 2.17. The zero-order chi connectivity index (χ0) is 10.1. The molecular weight excluding hydrogens is 188 g/mol. The van der Waals surface area contributed by atoms with Crippen LogP contribution in [0.3, 0.4) is 0 Å². The molecule has 74 valence electrons. The van der Waals surface area contributed by atoms with E-state index in [1.807, 2.05) is 11.8 Å². The average molecular weight is 204 g/mol. The van der Waals surface area contributed by atoms with Crippen LogP contribution in [-0.2, 0) is 6.42 Å². The Hall–Kier alpha value is -0.690. The Balaban J connectivity index is 2.37. The minimum Gasteiger partial charge on any atom is -0.0946 e. The SMILES string of the molecule is CC1=C(C(C)C)Cc2ccccc2S1. The molecule has 0 saturated carbocycles. The average Bonchev–Trinajstić information content (AvgIpc) is 2.16. The fourth-order valence-electron chi connectivity index (χ4n) is 1.92. The fourth-order valence-corrected chi connectivity index (χ4v) is 3.11. The molecule has 1 aliphatic heterocycles. The molecule has 1 heterocycles. The quantitative estimate of drug-likeness (QED) is 0.658. The van der Waals surface area contributed by atoms with Gasteiger partial charge in [-0.15, -0.1) is 0 Å². The van der Waals surface area contributed by atoms with E-state index < -0.39 is 0 Å². The number of benzene rings is 1. The lowest BCUT2D eigenvalue weighted by molar-refractivity contribution is 0.730. The Morgan fingerprint density at radius 3 is 2.64 bits per heavy atom. The van der Waals surface area contributed by atoms with Crippen molar-refractivity contribution >= 4 is 11.8 Å². The van der Waals surface area contributed by atoms with Crippen LogP contribution < -0.4 is 0 Å². The maximum absolute atomic E-state index is 2.29. The summed E-state index contributed by atoms with van der Waals surface area (Å²) in [5, 5.41) is 0. The lowest BCUT2D eigenvalue weighted by Crippen LogP contribution is -2.05. The van der Waals surface area contributed by atoms with E-state index in [-0.39, 0.29) is 0 Å². The molecule has 1 aromatic rings. The molecule has 1 aliphatic rings. The number of thioether (sulfide) groups is 1. The number of rotatable bonds is 1. The minimum absolute atomic E-state index is 0.677. The third-order valence-corrected chi connectivity index (χ3v) is 3.95. The van der Waals surface area contributed by atoms with Gasteiger partial charge in [-0.05, 0) is 35.8 Å². The lowest BCUT2D eigenvalue weighted by atomic mass is 9.95. The van der Waals surface area contributed by atoms with Crippen LogP contribution in [-0.4, -0.2) is 0 Å². The summed E-state index contributed by atoms with van der Waals surface area (Å²) in [6, 6.07) is 8.73. The molecule has 0 nitrogen and oxygen atoms in total. The highest BCUT2D eigenvalue weighted by molar-refractivity contribution is 8.03. The van der Waals surface area contributed by atoms with E-state index in [9.17, 15) is 0 Å². The minimum atomic E-state index is 0.677. The molecule has 0 N–H and O–H groups in total. The zero-order valence-electron chi connectivity index (χ0n) is 9.00. The topological polar surface area (TPSA) is 0 Å². The van der Waals surface area contributed by atoms with Gasteiger partial charge in [0, 0.05) is 4.90 Å². The molecule has 0 unspecified atom stereocenters. The van der Waals surface area contributed by atoms with Gasteiger partial charge < -0.3 is 0 Å². The summed E-state index contributed by atoms with van der Waals surface area (Å²) in [4.78, 5) is 2.94. The van der Waals surface area contributed by atoms with Crippen molar-refractivity contribution in [2.24, 2.45) is 5.92 Å². The van der Waals surface area contributed by atoms with Crippen LogP contribution in [0.4, 0.5) is 0 Å². The molecule has 0 radical (unpaired) electrons. The smallest absolute Gasteiger partial charge is 0.0154 e. The maximum Gasteiger partial charge on any atom is 0.0154 e. The second kappa shape index (κ2) is 3.82. The molecule has 1 heteroatoms. The first-order valence-corrected chi connectivity index (χ1v) is 5.95. The van der Waals surface area contributed by atoms with Gasteiger partial charge in [0.05, 0.1) is 0 Å². The molecule has 0 atom stereocenters. The largest absolute Gasteiger partial charge is 0.0946 e. The van der Waals surface area contributed by atoms with Crippen LogP contribution in [0.5, 0.6) is 0 Å². The van der Waals surface area contributed by atoms with Crippen molar-refractivity contribution in [3.05, 3.63) is 40.3 Å². The number of hydrogen-bond acceptors (Lipinski definition) is 1. The number of fused-ring (bicyclic) bond motifs is 1. The predicted octanol–water partition coefficient (Wildman–Crippen LogP) is 4.26. The normalized spacial score (nSPS) is 16.0. The van der Waals surface area contributed by atoms with Gasteiger partial charge in [-0.2, -0.15) is 0 Å². The van der Waals surface area contributed by atoms with E-state index >= 15 is 0 Å². The Bertz CT molecular complexity index is 375. The summed E-state index contributed by atoms with van der Waals surface area (Å²) in [6.07, 6.45) is 1.15. The molecule has 0 saturated heterocycles. The second-order valence-electron chi connectivity index (χ2n) is 4.12. The van der Waals surface area contributed by atoms with E-state index in [0.717, 1.165) is 6.42 Å². The highest BCUT2D eigenvalue weighted by Crippen LogP contribution is 2.39. The molecule has 2 rings (SSSR count). The van der Waals surface area contributed by atoms with Gasteiger partial charge in [0.2, 0.25) is 0 Å². The van der Waals surface area contributed by atoms with Crippen molar-refractivity contribution in [3.8, 4) is 0 Å². The first-order chi connectivity index (χ1) is 6.68. The molecular formula is C13H16S. The Morgan fingerprint density at radius 1 is 1.21 bits per heavy atom. The standard InChI is InChI=1S/C13H16S/c1-9(2)12-8-11-6-4-5-7-13(11)14-10(12)3/h4-7,9H,8H2,1-3H3. The summed E-state index contributed by atoms with van der Waals surface area (Å²) in [6.45, 7) is 6.82. The first-order valence-electron chi connectivity index (χ1n) is 5.14. The van der Waals surface area contributed by atoms with E-state index in [1.54, 1.807) is 5.57 Å². The van der Waals surface area contributed by atoms with Crippen LogP contribution in [0.25, 0.3) is 0 Å². The third-order valence-electron chi connectivity index (χ3n) is 2.77. The molecule has 0 bridgehead atoms. The van der Waals surface area contributed by atoms with Gasteiger partial charge in [-0.1, -0.05) is 49.4 Å². The van der Waals surface area contributed by atoms with Gasteiger partial charge in [0.1, 0.15) is 0 Å². The Labute approximate surface area is 90.4 Å².